The highest BCUT2D eigenvalue weighted by Gasteiger charge is 2.26. The summed E-state index contributed by atoms with van der Waals surface area (Å²) in [5.74, 6) is 0.885. The van der Waals surface area contributed by atoms with Crippen LogP contribution in [0.15, 0.2) is 4.99 Å². The molecule has 0 radical (unpaired) electrons. The van der Waals surface area contributed by atoms with Crippen molar-refractivity contribution in [3.05, 3.63) is 0 Å². The maximum absolute atomic E-state index is 12.4. The van der Waals surface area contributed by atoms with E-state index in [4.69, 9.17) is 4.74 Å². The maximum atomic E-state index is 12.4. The van der Waals surface area contributed by atoms with Crippen molar-refractivity contribution >= 4 is 35.8 Å². The zero-order valence-electron chi connectivity index (χ0n) is 17.0. The molecule has 2 rings (SSSR count). The molecule has 1 N–H and O–H groups in total. The third kappa shape index (κ3) is 10.2. The second-order valence-electron chi connectivity index (χ2n) is 7.06. The predicted octanol–water partition coefficient (Wildman–Crippen LogP) is 1.78. The second kappa shape index (κ2) is 13.5. The minimum Gasteiger partial charge on any atom is -0.378 e. The Morgan fingerprint density at radius 2 is 1.69 bits per heavy atom. The minimum absolute atomic E-state index is 0. The Kier molecular flexibility index (Phi) is 12.2. The van der Waals surface area contributed by atoms with Gasteiger partial charge in [0.05, 0.1) is 19.8 Å². The van der Waals surface area contributed by atoms with Crippen LogP contribution in [-0.4, -0.2) is 105 Å². The highest BCUT2D eigenvalue weighted by Crippen LogP contribution is 2.22. The summed E-state index contributed by atoms with van der Waals surface area (Å²) in [5.41, 5.74) is 0. The first-order chi connectivity index (χ1) is 13.4. The lowest BCUT2D eigenvalue weighted by Gasteiger charge is -2.37. The number of piperazine rings is 1. The van der Waals surface area contributed by atoms with E-state index in [1.165, 1.54) is 0 Å². The van der Waals surface area contributed by atoms with Crippen LogP contribution in [-0.2, 0) is 9.53 Å². The number of morpholine rings is 1. The number of amides is 1. The van der Waals surface area contributed by atoms with Gasteiger partial charge in [-0.05, 0) is 19.8 Å². The van der Waals surface area contributed by atoms with Crippen LogP contribution in [0.2, 0.25) is 0 Å². The van der Waals surface area contributed by atoms with Gasteiger partial charge in [-0.1, -0.05) is 0 Å². The fourth-order valence-corrected chi connectivity index (χ4v) is 3.27. The minimum atomic E-state index is -4.09. The van der Waals surface area contributed by atoms with Gasteiger partial charge < -0.3 is 19.9 Å². The third-order valence-corrected chi connectivity index (χ3v) is 4.86. The highest BCUT2D eigenvalue weighted by atomic mass is 127. The number of hydrogen-bond acceptors (Lipinski definition) is 4. The van der Waals surface area contributed by atoms with E-state index in [0.29, 0.717) is 52.4 Å². The van der Waals surface area contributed by atoms with Crippen LogP contribution in [0, 0.1) is 0 Å². The van der Waals surface area contributed by atoms with Crippen molar-refractivity contribution < 1.29 is 22.7 Å². The van der Waals surface area contributed by atoms with E-state index in [-0.39, 0.29) is 36.3 Å². The molecule has 170 valence electrons. The van der Waals surface area contributed by atoms with E-state index < -0.39 is 12.6 Å². The van der Waals surface area contributed by atoms with E-state index >= 15 is 0 Å². The summed E-state index contributed by atoms with van der Waals surface area (Å²) in [4.78, 5) is 22.9. The largest absolute Gasteiger partial charge is 0.389 e. The van der Waals surface area contributed by atoms with Crippen LogP contribution in [0.4, 0.5) is 13.2 Å². The summed E-state index contributed by atoms with van der Waals surface area (Å²) < 4.78 is 41.9. The number of halogens is 4. The Hall–Kier alpha value is -0.820. The number of nitrogens with one attached hydrogen (secondary N) is 1. The average Bonchev–Trinajstić information content (AvgIpc) is 2.67. The monoisotopic (exact) mass is 535 g/mol. The average molecular weight is 535 g/mol. The van der Waals surface area contributed by atoms with Crippen molar-refractivity contribution in [1.29, 1.82) is 0 Å². The molecule has 2 aliphatic heterocycles. The molecule has 11 heteroatoms. The van der Waals surface area contributed by atoms with E-state index in [1.807, 2.05) is 11.8 Å². The molecule has 0 atom stereocenters. The summed E-state index contributed by atoms with van der Waals surface area (Å²) in [6.07, 6.45) is -4.33. The number of carbonyl (C=O) groups is 1. The number of carbonyl (C=O) groups excluding carboxylic acids is 1. The van der Waals surface area contributed by atoms with Gasteiger partial charge in [0.15, 0.2) is 5.96 Å². The van der Waals surface area contributed by atoms with Crippen LogP contribution < -0.4 is 5.32 Å². The zero-order chi connectivity index (χ0) is 20.4. The van der Waals surface area contributed by atoms with Gasteiger partial charge >= 0.3 is 6.18 Å². The Labute approximate surface area is 188 Å². The first-order valence-electron chi connectivity index (χ1n) is 10.1. The fourth-order valence-electron chi connectivity index (χ4n) is 3.27. The molecular weight excluding hydrogens is 502 g/mol. The van der Waals surface area contributed by atoms with Gasteiger partial charge in [0.1, 0.15) is 0 Å². The third-order valence-electron chi connectivity index (χ3n) is 4.86. The molecule has 0 aromatic carbocycles. The Balaban J connectivity index is 0.00000420. The first-order valence-corrected chi connectivity index (χ1v) is 10.1. The van der Waals surface area contributed by atoms with E-state index in [1.54, 1.807) is 0 Å². The molecule has 1 amide bonds. The van der Waals surface area contributed by atoms with Crippen LogP contribution >= 0.6 is 24.0 Å². The number of aliphatic imine (C=N–C) groups is 1. The summed E-state index contributed by atoms with van der Waals surface area (Å²) in [5, 5.41) is 3.21. The number of guanidine groups is 1. The Morgan fingerprint density at radius 3 is 2.28 bits per heavy atom. The molecule has 29 heavy (non-hydrogen) atoms. The van der Waals surface area contributed by atoms with Gasteiger partial charge in [0, 0.05) is 58.8 Å². The number of rotatable bonds is 7. The van der Waals surface area contributed by atoms with Crippen LogP contribution in [0.1, 0.15) is 26.2 Å². The molecule has 0 aromatic heterocycles. The number of hydrogen-bond donors (Lipinski definition) is 1. The lowest BCUT2D eigenvalue weighted by molar-refractivity contribution is -0.137. The highest BCUT2D eigenvalue weighted by molar-refractivity contribution is 14.0. The summed E-state index contributed by atoms with van der Waals surface area (Å²) in [6.45, 7) is 8.99. The molecule has 2 fully saturated rings. The zero-order valence-corrected chi connectivity index (χ0v) is 19.4. The number of ether oxygens (including phenoxy) is 1. The molecule has 0 aliphatic carbocycles. The maximum Gasteiger partial charge on any atom is 0.389 e. The van der Waals surface area contributed by atoms with Gasteiger partial charge in [0.25, 0.3) is 0 Å². The Bertz CT molecular complexity index is 508. The van der Waals surface area contributed by atoms with Crippen molar-refractivity contribution in [2.24, 2.45) is 4.99 Å². The van der Waals surface area contributed by atoms with Gasteiger partial charge in [-0.2, -0.15) is 13.2 Å². The van der Waals surface area contributed by atoms with Crippen molar-refractivity contribution in [3.8, 4) is 0 Å². The van der Waals surface area contributed by atoms with Crippen molar-refractivity contribution in [1.82, 2.24) is 20.0 Å². The number of unbranched alkanes of at least 4 members (excludes halogenated alkanes) is 1. The molecule has 0 bridgehead atoms. The van der Waals surface area contributed by atoms with Crippen molar-refractivity contribution in [2.45, 2.75) is 32.4 Å². The second-order valence-corrected chi connectivity index (χ2v) is 7.06. The molecule has 2 heterocycles. The standard InChI is InChI=1S/C18H32F3N5O2.HI/c1-2-22-17(23-6-4-3-5-18(19,20)21)26-9-7-24(8-10-26)15-16(27)25-11-13-28-14-12-25;/h2-15H2,1H3,(H,22,23);1H. The topological polar surface area (TPSA) is 60.4 Å². The normalized spacial score (nSPS) is 19.1. The van der Waals surface area contributed by atoms with Crippen LogP contribution in [0.5, 0.6) is 0 Å². The number of alkyl halides is 3. The molecule has 0 aromatic rings. The number of nitrogens with zero attached hydrogens (tertiary/aromatic N) is 4. The molecule has 7 nitrogen and oxygen atoms in total. The van der Waals surface area contributed by atoms with Crippen LogP contribution in [0.3, 0.4) is 0 Å². The molecule has 2 aliphatic rings. The molecule has 2 saturated heterocycles. The smallest absolute Gasteiger partial charge is 0.378 e. The molecule has 0 unspecified atom stereocenters. The molecule has 0 spiro atoms. The molecule has 0 saturated carbocycles. The SMILES string of the molecule is CCNC(=NCCCCC(F)(F)F)N1CCN(CC(=O)N2CCOCC2)CC1.I. The first kappa shape index (κ1) is 26.2. The van der Waals surface area contributed by atoms with Gasteiger partial charge in [-0.15, -0.1) is 24.0 Å². The van der Waals surface area contributed by atoms with Crippen molar-refractivity contribution in [2.75, 3.05) is 72.1 Å². The fraction of sp³-hybridized carbons (Fsp3) is 0.889. The summed E-state index contributed by atoms with van der Waals surface area (Å²) in [6, 6.07) is 0. The predicted molar refractivity (Wildman–Crippen MR) is 117 cm³/mol. The lowest BCUT2D eigenvalue weighted by atomic mass is 10.2. The van der Waals surface area contributed by atoms with Gasteiger partial charge in [-0.25, -0.2) is 0 Å². The van der Waals surface area contributed by atoms with Crippen molar-refractivity contribution in [3.63, 3.8) is 0 Å². The van der Waals surface area contributed by atoms with Gasteiger partial charge in [0.2, 0.25) is 5.91 Å². The lowest BCUT2D eigenvalue weighted by Crippen LogP contribution is -2.54. The van der Waals surface area contributed by atoms with Gasteiger partial charge in [-0.3, -0.25) is 14.7 Å². The molecular formula is C18H33F3IN5O2. The summed E-state index contributed by atoms with van der Waals surface area (Å²) >= 11 is 0. The van der Waals surface area contributed by atoms with E-state index in [2.05, 4.69) is 20.1 Å². The quantitative estimate of drug-likeness (QED) is 0.233. The Morgan fingerprint density at radius 1 is 1.03 bits per heavy atom. The van der Waals surface area contributed by atoms with E-state index in [9.17, 15) is 18.0 Å². The van der Waals surface area contributed by atoms with E-state index in [0.717, 1.165) is 32.1 Å². The summed E-state index contributed by atoms with van der Waals surface area (Å²) in [7, 11) is 0. The van der Waals surface area contributed by atoms with Crippen LogP contribution in [0.25, 0.3) is 0 Å².